The second-order valence-corrected chi connectivity index (χ2v) is 14.0. The van der Waals surface area contributed by atoms with Crippen LogP contribution in [0.5, 0.6) is 0 Å². The van der Waals surface area contributed by atoms with Crippen LogP contribution in [0.4, 0.5) is 17.1 Å². The van der Waals surface area contributed by atoms with E-state index in [-0.39, 0.29) is 0 Å². The van der Waals surface area contributed by atoms with E-state index >= 15 is 0 Å². The molecule has 0 aliphatic rings. The largest absolute Gasteiger partial charge is 0.310 e. The summed E-state index contributed by atoms with van der Waals surface area (Å²) < 4.78 is 4.97. The van der Waals surface area contributed by atoms with Gasteiger partial charge in [-0.05, 0) is 83.4 Å². The molecule has 0 bridgehead atoms. The van der Waals surface area contributed by atoms with Crippen LogP contribution >= 0.6 is 11.3 Å². The van der Waals surface area contributed by atoms with E-state index in [9.17, 15) is 0 Å². The SMILES string of the molecule is c1ccc(-c2ccccc2N(c2ccc(-c3ccc4c(c3)c3ccccc3n4-c3ccccc3)cc2)c2ccc3c(c2)sc2ccccc23)cc1. The third-order valence-electron chi connectivity index (χ3n) is 10.00. The van der Waals surface area contributed by atoms with Gasteiger partial charge >= 0.3 is 0 Å². The van der Waals surface area contributed by atoms with Gasteiger partial charge in [0.15, 0.2) is 0 Å². The zero-order valence-corrected chi connectivity index (χ0v) is 28.6. The zero-order valence-electron chi connectivity index (χ0n) is 27.8. The molecule has 0 unspecified atom stereocenters. The van der Waals surface area contributed by atoms with Crippen LogP contribution in [0.25, 0.3) is 69.9 Å². The summed E-state index contributed by atoms with van der Waals surface area (Å²) in [6, 6.07) is 70.4. The topological polar surface area (TPSA) is 8.17 Å². The minimum atomic E-state index is 1.12. The van der Waals surface area contributed by atoms with Crippen molar-refractivity contribution in [3.8, 4) is 27.9 Å². The Balaban J connectivity index is 1.11. The first-order valence-corrected chi connectivity index (χ1v) is 18.2. The second-order valence-electron chi connectivity index (χ2n) is 13.0. The molecular weight excluding hydrogens is 637 g/mol. The molecule has 0 aliphatic carbocycles. The maximum atomic E-state index is 2.41. The summed E-state index contributed by atoms with van der Waals surface area (Å²) in [6.07, 6.45) is 0. The van der Waals surface area contributed by atoms with Crippen LogP contribution < -0.4 is 4.90 Å². The summed E-state index contributed by atoms with van der Waals surface area (Å²) in [4.78, 5) is 2.41. The van der Waals surface area contributed by atoms with Crippen molar-refractivity contribution in [2.45, 2.75) is 0 Å². The average molecular weight is 669 g/mol. The number of aromatic nitrogens is 1. The van der Waals surface area contributed by atoms with E-state index in [0.29, 0.717) is 0 Å². The Morgan fingerprint density at radius 3 is 1.84 bits per heavy atom. The Kier molecular flexibility index (Phi) is 7.04. The van der Waals surface area contributed by atoms with Gasteiger partial charge in [0, 0.05) is 53.6 Å². The Labute approximate surface area is 300 Å². The minimum Gasteiger partial charge on any atom is -0.310 e. The highest BCUT2D eigenvalue weighted by Gasteiger charge is 2.19. The molecule has 0 radical (unpaired) electrons. The van der Waals surface area contributed by atoms with Gasteiger partial charge in [-0.2, -0.15) is 0 Å². The van der Waals surface area contributed by atoms with Gasteiger partial charge in [-0.3, -0.25) is 0 Å². The first-order chi connectivity index (χ1) is 25.3. The van der Waals surface area contributed by atoms with Gasteiger partial charge in [0.05, 0.1) is 16.7 Å². The van der Waals surface area contributed by atoms with Gasteiger partial charge in [-0.25, -0.2) is 0 Å². The number of rotatable bonds is 6. The highest BCUT2D eigenvalue weighted by Crippen LogP contribution is 2.44. The first-order valence-electron chi connectivity index (χ1n) is 17.4. The highest BCUT2D eigenvalue weighted by atomic mass is 32.1. The second kappa shape index (κ2) is 12.2. The average Bonchev–Trinajstić information content (AvgIpc) is 3.74. The molecule has 10 rings (SSSR count). The molecule has 0 saturated carbocycles. The van der Waals surface area contributed by atoms with Crippen molar-refractivity contribution in [3.63, 3.8) is 0 Å². The van der Waals surface area contributed by atoms with Crippen LogP contribution in [0.1, 0.15) is 0 Å². The Morgan fingerprint density at radius 2 is 1.00 bits per heavy atom. The molecule has 0 atom stereocenters. The third-order valence-corrected chi connectivity index (χ3v) is 11.1. The Hall–Kier alpha value is -6.42. The summed E-state index contributed by atoms with van der Waals surface area (Å²) in [5, 5.41) is 5.13. The van der Waals surface area contributed by atoms with E-state index in [0.717, 1.165) is 17.1 Å². The molecule has 8 aromatic carbocycles. The van der Waals surface area contributed by atoms with Crippen LogP contribution in [0.15, 0.2) is 194 Å². The molecule has 0 fully saturated rings. The fraction of sp³-hybridized carbons (Fsp3) is 0. The molecule has 3 heteroatoms. The molecule has 0 amide bonds. The summed E-state index contributed by atoms with van der Waals surface area (Å²) in [5.74, 6) is 0. The van der Waals surface area contributed by atoms with Crippen molar-refractivity contribution in [1.82, 2.24) is 4.57 Å². The van der Waals surface area contributed by atoms with Crippen LogP contribution in [0.3, 0.4) is 0 Å². The van der Waals surface area contributed by atoms with Gasteiger partial charge < -0.3 is 9.47 Å². The quantitative estimate of drug-likeness (QED) is 0.171. The van der Waals surface area contributed by atoms with Gasteiger partial charge in [0.1, 0.15) is 0 Å². The van der Waals surface area contributed by atoms with Crippen molar-refractivity contribution in [1.29, 1.82) is 0 Å². The monoisotopic (exact) mass is 668 g/mol. The lowest BCUT2D eigenvalue weighted by molar-refractivity contribution is 1.18. The number of nitrogens with zero attached hydrogens (tertiary/aromatic N) is 2. The van der Waals surface area contributed by atoms with E-state index in [4.69, 9.17) is 0 Å². The van der Waals surface area contributed by atoms with Crippen LogP contribution in [0, 0.1) is 0 Å². The number of hydrogen-bond donors (Lipinski definition) is 0. The fourth-order valence-corrected chi connectivity index (χ4v) is 8.76. The Morgan fingerprint density at radius 1 is 0.373 bits per heavy atom. The number of thiophene rings is 1. The third kappa shape index (κ3) is 5.01. The molecule has 240 valence electrons. The molecule has 2 heterocycles. The number of para-hydroxylation sites is 3. The van der Waals surface area contributed by atoms with Crippen LogP contribution in [0.2, 0.25) is 0 Å². The van der Waals surface area contributed by atoms with Crippen molar-refractivity contribution in [3.05, 3.63) is 194 Å². The van der Waals surface area contributed by atoms with Crippen molar-refractivity contribution >= 4 is 70.4 Å². The lowest BCUT2D eigenvalue weighted by Crippen LogP contribution is -2.11. The van der Waals surface area contributed by atoms with E-state index in [1.165, 1.54) is 69.9 Å². The Bertz CT molecular complexity index is 2850. The van der Waals surface area contributed by atoms with Gasteiger partial charge in [-0.1, -0.05) is 127 Å². The highest BCUT2D eigenvalue weighted by molar-refractivity contribution is 7.25. The van der Waals surface area contributed by atoms with Crippen LogP contribution in [-0.4, -0.2) is 4.57 Å². The molecule has 10 aromatic rings. The van der Waals surface area contributed by atoms with E-state index in [1.807, 2.05) is 11.3 Å². The van der Waals surface area contributed by atoms with Crippen molar-refractivity contribution in [2.24, 2.45) is 0 Å². The smallest absolute Gasteiger partial charge is 0.0541 e. The number of benzene rings is 8. The fourth-order valence-electron chi connectivity index (χ4n) is 7.62. The first kappa shape index (κ1) is 29.5. The summed E-state index contributed by atoms with van der Waals surface area (Å²) in [7, 11) is 0. The summed E-state index contributed by atoms with van der Waals surface area (Å²) in [5.41, 5.74) is 11.8. The predicted octanol–water partition coefficient (Wildman–Crippen LogP) is 14.0. The van der Waals surface area contributed by atoms with E-state index < -0.39 is 0 Å². The molecule has 0 N–H and O–H groups in total. The number of fused-ring (bicyclic) bond motifs is 6. The standard InChI is InChI=1S/C48H32N2S/c1-3-13-34(14-4-1)39-17-7-10-20-44(39)49(38-28-29-42-41-19-9-12-22-47(41)51-48(42)32-38)37-26-23-33(24-27-37)35-25-30-46-43(31-35)40-18-8-11-21-45(40)50(46)36-15-5-2-6-16-36/h1-32H. The molecule has 0 spiro atoms. The van der Waals surface area contributed by atoms with Crippen LogP contribution in [-0.2, 0) is 0 Å². The normalized spacial score (nSPS) is 11.5. The summed E-state index contributed by atoms with van der Waals surface area (Å²) in [6.45, 7) is 0. The van der Waals surface area contributed by atoms with E-state index in [2.05, 4.69) is 204 Å². The molecule has 51 heavy (non-hydrogen) atoms. The lowest BCUT2D eigenvalue weighted by atomic mass is 10.00. The molecule has 0 aliphatic heterocycles. The van der Waals surface area contributed by atoms with Gasteiger partial charge in [0.25, 0.3) is 0 Å². The van der Waals surface area contributed by atoms with E-state index in [1.54, 1.807) is 0 Å². The molecule has 2 aromatic heterocycles. The van der Waals surface area contributed by atoms with Gasteiger partial charge in [0.2, 0.25) is 0 Å². The number of anilines is 3. The minimum absolute atomic E-state index is 1.12. The van der Waals surface area contributed by atoms with Crippen molar-refractivity contribution in [2.75, 3.05) is 4.90 Å². The van der Waals surface area contributed by atoms with Gasteiger partial charge in [-0.15, -0.1) is 11.3 Å². The summed E-state index contributed by atoms with van der Waals surface area (Å²) >= 11 is 1.86. The molecule has 2 nitrogen and oxygen atoms in total. The maximum absolute atomic E-state index is 2.41. The van der Waals surface area contributed by atoms with Crippen molar-refractivity contribution < 1.29 is 0 Å². The maximum Gasteiger partial charge on any atom is 0.0541 e. The molecule has 0 saturated heterocycles. The zero-order chi connectivity index (χ0) is 33.7. The number of hydrogen-bond acceptors (Lipinski definition) is 2. The predicted molar refractivity (Wildman–Crippen MR) is 219 cm³/mol. The molecular formula is C48H32N2S. The lowest BCUT2D eigenvalue weighted by Gasteiger charge is -2.28.